The van der Waals surface area contributed by atoms with Crippen molar-refractivity contribution in [2.45, 2.75) is 51.1 Å². The van der Waals surface area contributed by atoms with E-state index in [1.54, 1.807) is 7.11 Å². The van der Waals surface area contributed by atoms with Crippen LogP contribution in [0, 0.1) is 11.8 Å². The van der Waals surface area contributed by atoms with Crippen LogP contribution in [0.25, 0.3) is 0 Å². The fourth-order valence-corrected chi connectivity index (χ4v) is 4.73. The molecule has 1 aromatic rings. The van der Waals surface area contributed by atoms with E-state index >= 15 is 0 Å². The van der Waals surface area contributed by atoms with E-state index < -0.39 is 0 Å². The third-order valence-electron chi connectivity index (χ3n) is 6.43. The fraction of sp³-hybridized carbons (Fsp3) is 0.667. The Hall–Kier alpha value is -1.55. The number of rotatable bonds is 4. The Labute approximate surface area is 151 Å². The van der Waals surface area contributed by atoms with Crippen molar-refractivity contribution in [3.63, 3.8) is 0 Å². The molecule has 2 saturated heterocycles. The van der Waals surface area contributed by atoms with Gasteiger partial charge >= 0.3 is 0 Å². The third kappa shape index (κ3) is 3.55. The zero-order valence-corrected chi connectivity index (χ0v) is 15.3. The molecular weight excluding hydrogens is 312 g/mol. The van der Waals surface area contributed by atoms with Crippen molar-refractivity contribution in [2.24, 2.45) is 11.8 Å². The summed E-state index contributed by atoms with van der Waals surface area (Å²) in [6.07, 6.45) is 7.29. The quantitative estimate of drug-likeness (QED) is 0.842. The number of methoxy groups -OCH3 is 1. The van der Waals surface area contributed by atoms with Gasteiger partial charge in [0.2, 0.25) is 5.91 Å². The van der Waals surface area contributed by atoms with Gasteiger partial charge in [-0.25, -0.2) is 0 Å². The maximum Gasteiger partial charge on any atom is 0.225 e. The number of benzene rings is 1. The predicted octanol–water partition coefficient (Wildman–Crippen LogP) is 3.31. The number of carbonyl (C=O) groups is 1. The van der Waals surface area contributed by atoms with E-state index in [0.29, 0.717) is 23.8 Å². The molecular formula is C21H30N2O2. The average molecular weight is 342 g/mol. The second kappa shape index (κ2) is 7.36. The number of amides is 1. The molecule has 1 amide bonds. The molecule has 0 unspecified atom stereocenters. The Morgan fingerprint density at radius 2 is 2.04 bits per heavy atom. The monoisotopic (exact) mass is 342 g/mol. The molecule has 25 heavy (non-hydrogen) atoms. The van der Waals surface area contributed by atoms with Crippen molar-refractivity contribution >= 4 is 5.91 Å². The Kier molecular flexibility index (Phi) is 4.98. The smallest absolute Gasteiger partial charge is 0.225 e. The normalized spacial score (nSPS) is 27.5. The SMILES string of the molecule is COc1cccc(CN2CCCC[C@H]3CN(C(=O)C4CCC4)C[C@H]32)c1. The second-order valence-electron chi connectivity index (χ2n) is 8.02. The van der Waals surface area contributed by atoms with E-state index in [1.807, 2.05) is 6.07 Å². The summed E-state index contributed by atoms with van der Waals surface area (Å²) in [4.78, 5) is 17.5. The number of hydrogen-bond donors (Lipinski definition) is 0. The highest BCUT2D eigenvalue weighted by atomic mass is 16.5. The molecule has 3 fully saturated rings. The molecule has 0 bridgehead atoms. The number of fused-ring (bicyclic) bond motifs is 1. The van der Waals surface area contributed by atoms with Crippen LogP contribution >= 0.6 is 0 Å². The molecule has 0 spiro atoms. The van der Waals surface area contributed by atoms with Crippen LogP contribution in [-0.4, -0.2) is 48.5 Å². The number of hydrogen-bond acceptors (Lipinski definition) is 3. The molecule has 2 atom stereocenters. The first-order valence-electron chi connectivity index (χ1n) is 9.90. The zero-order chi connectivity index (χ0) is 17.2. The van der Waals surface area contributed by atoms with E-state index in [2.05, 4.69) is 28.0 Å². The predicted molar refractivity (Wildman–Crippen MR) is 98.5 cm³/mol. The highest BCUT2D eigenvalue weighted by Gasteiger charge is 2.41. The summed E-state index contributed by atoms with van der Waals surface area (Å²) in [5.74, 6) is 2.34. The maximum absolute atomic E-state index is 12.7. The molecule has 1 aliphatic carbocycles. The van der Waals surface area contributed by atoms with Crippen LogP contribution in [-0.2, 0) is 11.3 Å². The second-order valence-corrected chi connectivity index (χ2v) is 8.02. The molecule has 2 heterocycles. The molecule has 4 heteroatoms. The van der Waals surface area contributed by atoms with Gasteiger partial charge in [0, 0.05) is 31.6 Å². The zero-order valence-electron chi connectivity index (χ0n) is 15.3. The van der Waals surface area contributed by atoms with Crippen LogP contribution in [0.1, 0.15) is 44.1 Å². The first-order valence-corrected chi connectivity index (χ1v) is 9.90. The molecule has 4 nitrogen and oxygen atoms in total. The van der Waals surface area contributed by atoms with Gasteiger partial charge in [0.1, 0.15) is 5.75 Å². The molecule has 0 aromatic heterocycles. The first-order chi connectivity index (χ1) is 12.2. The Morgan fingerprint density at radius 3 is 2.80 bits per heavy atom. The van der Waals surface area contributed by atoms with E-state index in [4.69, 9.17) is 4.74 Å². The van der Waals surface area contributed by atoms with Crippen molar-refractivity contribution in [3.05, 3.63) is 29.8 Å². The summed E-state index contributed by atoms with van der Waals surface area (Å²) in [6.45, 7) is 4.02. The van der Waals surface area contributed by atoms with Gasteiger partial charge in [-0.1, -0.05) is 25.0 Å². The Balaban J connectivity index is 1.46. The highest BCUT2D eigenvalue weighted by Crippen LogP contribution is 2.35. The topological polar surface area (TPSA) is 32.8 Å². The van der Waals surface area contributed by atoms with Gasteiger partial charge in [0.25, 0.3) is 0 Å². The van der Waals surface area contributed by atoms with Gasteiger partial charge in [0.05, 0.1) is 7.11 Å². The van der Waals surface area contributed by atoms with Crippen LogP contribution in [0.4, 0.5) is 0 Å². The van der Waals surface area contributed by atoms with E-state index in [0.717, 1.165) is 44.8 Å². The summed E-state index contributed by atoms with van der Waals surface area (Å²) in [7, 11) is 1.72. The van der Waals surface area contributed by atoms with Gasteiger partial charge in [-0.2, -0.15) is 0 Å². The minimum absolute atomic E-state index is 0.328. The largest absolute Gasteiger partial charge is 0.497 e. The van der Waals surface area contributed by atoms with Gasteiger partial charge in [-0.05, 0) is 55.8 Å². The van der Waals surface area contributed by atoms with Crippen molar-refractivity contribution in [3.8, 4) is 5.75 Å². The molecule has 2 aliphatic heterocycles. The van der Waals surface area contributed by atoms with Crippen LogP contribution in [0.15, 0.2) is 24.3 Å². The summed E-state index contributed by atoms with van der Waals surface area (Å²) >= 11 is 0. The molecule has 0 N–H and O–H groups in total. The molecule has 3 aliphatic rings. The lowest BCUT2D eigenvalue weighted by molar-refractivity contribution is -0.137. The molecule has 136 valence electrons. The number of ether oxygens (including phenoxy) is 1. The summed E-state index contributed by atoms with van der Waals surface area (Å²) in [5, 5.41) is 0. The van der Waals surface area contributed by atoms with Crippen LogP contribution in [0.5, 0.6) is 5.75 Å². The van der Waals surface area contributed by atoms with Gasteiger partial charge in [0.15, 0.2) is 0 Å². The number of nitrogens with zero attached hydrogens (tertiary/aromatic N) is 2. The van der Waals surface area contributed by atoms with Crippen molar-refractivity contribution in [1.29, 1.82) is 0 Å². The van der Waals surface area contributed by atoms with Crippen LogP contribution in [0.3, 0.4) is 0 Å². The minimum Gasteiger partial charge on any atom is -0.497 e. The summed E-state index contributed by atoms with van der Waals surface area (Å²) in [5.41, 5.74) is 1.31. The molecule has 4 rings (SSSR count). The van der Waals surface area contributed by atoms with Crippen molar-refractivity contribution < 1.29 is 9.53 Å². The lowest BCUT2D eigenvalue weighted by Gasteiger charge is -2.31. The van der Waals surface area contributed by atoms with Crippen molar-refractivity contribution in [2.75, 3.05) is 26.7 Å². The van der Waals surface area contributed by atoms with E-state index in [9.17, 15) is 4.79 Å². The van der Waals surface area contributed by atoms with Crippen LogP contribution in [0.2, 0.25) is 0 Å². The molecule has 1 saturated carbocycles. The summed E-state index contributed by atoms with van der Waals surface area (Å²) in [6, 6.07) is 8.94. The lowest BCUT2D eigenvalue weighted by Crippen LogP contribution is -2.42. The number of carbonyl (C=O) groups excluding carboxylic acids is 1. The van der Waals surface area contributed by atoms with E-state index in [-0.39, 0.29) is 0 Å². The van der Waals surface area contributed by atoms with Crippen LogP contribution < -0.4 is 4.74 Å². The molecule has 1 aromatic carbocycles. The van der Waals surface area contributed by atoms with E-state index in [1.165, 1.54) is 31.2 Å². The average Bonchev–Trinajstić information content (AvgIpc) is 2.92. The summed E-state index contributed by atoms with van der Waals surface area (Å²) < 4.78 is 5.38. The third-order valence-corrected chi connectivity index (χ3v) is 6.43. The molecule has 0 radical (unpaired) electrons. The van der Waals surface area contributed by atoms with Gasteiger partial charge in [-0.15, -0.1) is 0 Å². The lowest BCUT2D eigenvalue weighted by atomic mass is 9.84. The minimum atomic E-state index is 0.328. The standard InChI is InChI=1S/C21H30N2O2/c1-25-19-10-4-6-16(12-19)13-22-11-3-2-7-18-14-23(15-20(18)22)21(24)17-8-5-9-17/h4,6,10,12,17-18,20H,2-3,5,7-9,11,13-15H2,1H3/t18-,20+/m0/s1. The Morgan fingerprint density at radius 1 is 1.16 bits per heavy atom. The fourth-order valence-electron chi connectivity index (χ4n) is 4.73. The van der Waals surface area contributed by atoms with Gasteiger partial charge in [-0.3, -0.25) is 9.69 Å². The van der Waals surface area contributed by atoms with Crippen molar-refractivity contribution in [1.82, 2.24) is 9.80 Å². The number of likely N-dealkylation sites (tertiary alicyclic amines) is 2. The maximum atomic E-state index is 12.7. The first kappa shape index (κ1) is 16.9. The highest BCUT2D eigenvalue weighted by molar-refractivity contribution is 5.80. The Bertz CT molecular complexity index is 614. The van der Waals surface area contributed by atoms with Gasteiger partial charge < -0.3 is 9.64 Å².